The third kappa shape index (κ3) is 2.18. The second-order valence-electron chi connectivity index (χ2n) is 4.48. The van der Waals surface area contributed by atoms with E-state index in [4.69, 9.17) is 9.47 Å². The molecule has 1 aliphatic rings. The largest absolute Gasteiger partial charge is 0.454 e. The minimum absolute atomic E-state index is 0.0468. The van der Waals surface area contributed by atoms with E-state index in [0.29, 0.717) is 5.92 Å². The molecule has 0 amide bonds. The molecule has 0 aliphatic carbocycles. The van der Waals surface area contributed by atoms with Crippen molar-refractivity contribution in [3.8, 4) is 11.5 Å². The summed E-state index contributed by atoms with van der Waals surface area (Å²) in [6, 6.07) is 5.72. The maximum absolute atomic E-state index is 11.1. The summed E-state index contributed by atoms with van der Waals surface area (Å²) in [6.45, 7) is 4.50. The van der Waals surface area contributed by atoms with Crippen LogP contribution in [-0.2, 0) is 4.79 Å². The standard InChI is InChI=1S/C13H16O3/c1-9(2)5-11(7-14)10-3-4-12-13(6-10)16-8-15-12/h3-4,6-7,9,11H,5,8H2,1-2H3. The molecule has 0 saturated heterocycles. The number of hydrogen-bond acceptors (Lipinski definition) is 3. The van der Waals surface area contributed by atoms with E-state index >= 15 is 0 Å². The molecule has 1 aromatic carbocycles. The lowest BCUT2D eigenvalue weighted by Gasteiger charge is -2.13. The van der Waals surface area contributed by atoms with Gasteiger partial charge < -0.3 is 14.3 Å². The molecule has 0 spiro atoms. The number of carbonyl (C=O) groups excluding carboxylic acids is 1. The van der Waals surface area contributed by atoms with Gasteiger partial charge in [0.1, 0.15) is 6.29 Å². The van der Waals surface area contributed by atoms with Gasteiger partial charge in [0, 0.05) is 5.92 Å². The molecule has 0 saturated carbocycles. The lowest BCUT2D eigenvalue weighted by atomic mass is 9.91. The Morgan fingerprint density at radius 3 is 2.75 bits per heavy atom. The monoisotopic (exact) mass is 220 g/mol. The zero-order valence-corrected chi connectivity index (χ0v) is 9.60. The normalized spacial score (nSPS) is 15.2. The first-order valence-corrected chi connectivity index (χ1v) is 5.55. The van der Waals surface area contributed by atoms with Crippen molar-refractivity contribution >= 4 is 6.29 Å². The Kier molecular flexibility index (Phi) is 3.13. The van der Waals surface area contributed by atoms with Crippen LogP contribution in [0.25, 0.3) is 0 Å². The summed E-state index contributed by atoms with van der Waals surface area (Å²) in [6.07, 6.45) is 1.88. The van der Waals surface area contributed by atoms with E-state index in [-0.39, 0.29) is 12.7 Å². The molecular weight excluding hydrogens is 204 g/mol. The van der Waals surface area contributed by atoms with Crippen molar-refractivity contribution < 1.29 is 14.3 Å². The summed E-state index contributed by atoms with van der Waals surface area (Å²) in [7, 11) is 0. The highest BCUT2D eigenvalue weighted by molar-refractivity contribution is 5.63. The summed E-state index contributed by atoms with van der Waals surface area (Å²) < 4.78 is 10.5. The highest BCUT2D eigenvalue weighted by atomic mass is 16.7. The van der Waals surface area contributed by atoms with Gasteiger partial charge in [-0.05, 0) is 30.0 Å². The van der Waals surface area contributed by atoms with Crippen molar-refractivity contribution in [3.05, 3.63) is 23.8 Å². The van der Waals surface area contributed by atoms with Gasteiger partial charge in [-0.15, -0.1) is 0 Å². The van der Waals surface area contributed by atoms with Gasteiger partial charge in [-0.25, -0.2) is 0 Å². The molecule has 0 fully saturated rings. The predicted octanol–water partition coefficient (Wildman–Crippen LogP) is 2.74. The molecule has 86 valence electrons. The first-order chi connectivity index (χ1) is 7.70. The molecule has 1 heterocycles. The quantitative estimate of drug-likeness (QED) is 0.732. The summed E-state index contributed by atoms with van der Waals surface area (Å²) in [4.78, 5) is 11.1. The summed E-state index contributed by atoms with van der Waals surface area (Å²) in [5, 5.41) is 0. The maximum atomic E-state index is 11.1. The van der Waals surface area contributed by atoms with Crippen LogP contribution in [0.1, 0.15) is 31.7 Å². The third-order valence-electron chi connectivity index (χ3n) is 2.71. The minimum Gasteiger partial charge on any atom is -0.454 e. The van der Waals surface area contributed by atoms with E-state index in [2.05, 4.69) is 13.8 Å². The van der Waals surface area contributed by atoms with Crippen LogP contribution in [0.2, 0.25) is 0 Å². The van der Waals surface area contributed by atoms with Crippen molar-refractivity contribution in [2.75, 3.05) is 6.79 Å². The third-order valence-corrected chi connectivity index (χ3v) is 2.71. The molecule has 0 N–H and O–H groups in total. The molecule has 0 bridgehead atoms. The fraction of sp³-hybridized carbons (Fsp3) is 0.462. The number of hydrogen-bond donors (Lipinski definition) is 0. The molecule has 0 aromatic heterocycles. The van der Waals surface area contributed by atoms with Gasteiger partial charge in [0.2, 0.25) is 6.79 Å². The van der Waals surface area contributed by atoms with Crippen LogP contribution in [0.3, 0.4) is 0 Å². The van der Waals surface area contributed by atoms with Crippen molar-refractivity contribution in [3.63, 3.8) is 0 Å². The Balaban J connectivity index is 2.22. The first-order valence-electron chi connectivity index (χ1n) is 5.55. The van der Waals surface area contributed by atoms with Crippen LogP contribution in [0.5, 0.6) is 11.5 Å². The summed E-state index contributed by atoms with van der Waals surface area (Å²) in [5.41, 5.74) is 1.01. The molecule has 1 aliphatic heterocycles. The van der Waals surface area contributed by atoms with Crippen LogP contribution in [0.4, 0.5) is 0 Å². The smallest absolute Gasteiger partial charge is 0.231 e. The zero-order valence-electron chi connectivity index (χ0n) is 9.60. The molecule has 2 rings (SSSR count). The van der Waals surface area contributed by atoms with Gasteiger partial charge in [-0.3, -0.25) is 0 Å². The molecule has 3 nitrogen and oxygen atoms in total. The zero-order chi connectivity index (χ0) is 11.5. The highest BCUT2D eigenvalue weighted by Gasteiger charge is 2.18. The van der Waals surface area contributed by atoms with Crippen molar-refractivity contribution in [1.82, 2.24) is 0 Å². The van der Waals surface area contributed by atoms with Crippen LogP contribution < -0.4 is 9.47 Å². The summed E-state index contributed by atoms with van der Waals surface area (Å²) in [5.74, 6) is 1.96. The van der Waals surface area contributed by atoms with E-state index in [1.165, 1.54) is 0 Å². The molecule has 1 atom stereocenters. The second kappa shape index (κ2) is 4.56. The molecule has 3 heteroatoms. The number of ether oxygens (including phenoxy) is 2. The van der Waals surface area contributed by atoms with Crippen LogP contribution >= 0.6 is 0 Å². The van der Waals surface area contributed by atoms with Crippen molar-refractivity contribution in [2.24, 2.45) is 5.92 Å². The fourth-order valence-electron chi connectivity index (χ4n) is 1.92. The number of fused-ring (bicyclic) bond motifs is 1. The van der Waals surface area contributed by atoms with E-state index in [9.17, 15) is 4.79 Å². The molecule has 0 radical (unpaired) electrons. The van der Waals surface area contributed by atoms with Gasteiger partial charge in [0.15, 0.2) is 11.5 Å². The topological polar surface area (TPSA) is 35.5 Å². The Bertz CT molecular complexity index is 385. The number of benzene rings is 1. The van der Waals surface area contributed by atoms with E-state index in [0.717, 1.165) is 29.8 Å². The lowest BCUT2D eigenvalue weighted by Crippen LogP contribution is -2.04. The van der Waals surface area contributed by atoms with Crippen molar-refractivity contribution in [2.45, 2.75) is 26.2 Å². The molecular formula is C13H16O3. The van der Waals surface area contributed by atoms with Crippen molar-refractivity contribution in [1.29, 1.82) is 0 Å². The van der Waals surface area contributed by atoms with E-state index in [1.807, 2.05) is 18.2 Å². The van der Waals surface area contributed by atoms with E-state index in [1.54, 1.807) is 0 Å². The number of aldehydes is 1. The molecule has 16 heavy (non-hydrogen) atoms. The molecule has 1 aromatic rings. The Hall–Kier alpha value is -1.51. The SMILES string of the molecule is CC(C)CC(C=O)c1ccc2c(c1)OCO2. The Labute approximate surface area is 95.4 Å². The first kappa shape index (κ1) is 11.0. The van der Waals surface area contributed by atoms with Crippen LogP contribution in [-0.4, -0.2) is 13.1 Å². The van der Waals surface area contributed by atoms with E-state index < -0.39 is 0 Å². The number of rotatable bonds is 4. The van der Waals surface area contributed by atoms with Crippen LogP contribution in [0.15, 0.2) is 18.2 Å². The Morgan fingerprint density at radius 1 is 1.31 bits per heavy atom. The van der Waals surface area contributed by atoms with Crippen LogP contribution in [0, 0.1) is 5.92 Å². The second-order valence-corrected chi connectivity index (χ2v) is 4.48. The van der Waals surface area contributed by atoms with Gasteiger partial charge >= 0.3 is 0 Å². The average molecular weight is 220 g/mol. The van der Waals surface area contributed by atoms with Gasteiger partial charge in [0.25, 0.3) is 0 Å². The van der Waals surface area contributed by atoms with Gasteiger partial charge in [0.05, 0.1) is 0 Å². The molecule has 1 unspecified atom stereocenters. The maximum Gasteiger partial charge on any atom is 0.231 e. The Morgan fingerprint density at radius 2 is 2.06 bits per heavy atom. The van der Waals surface area contributed by atoms with Gasteiger partial charge in [-0.2, -0.15) is 0 Å². The predicted molar refractivity (Wildman–Crippen MR) is 60.8 cm³/mol. The number of carbonyl (C=O) groups is 1. The summed E-state index contributed by atoms with van der Waals surface area (Å²) >= 11 is 0. The fourth-order valence-corrected chi connectivity index (χ4v) is 1.92. The highest BCUT2D eigenvalue weighted by Crippen LogP contribution is 2.35. The minimum atomic E-state index is -0.0468. The van der Waals surface area contributed by atoms with Gasteiger partial charge in [-0.1, -0.05) is 19.9 Å². The average Bonchev–Trinajstić information content (AvgIpc) is 2.72. The lowest BCUT2D eigenvalue weighted by molar-refractivity contribution is -0.109.